The molecule has 0 bridgehead atoms. The lowest BCUT2D eigenvalue weighted by atomic mass is 9.77. The molecule has 254 valence electrons. The summed E-state index contributed by atoms with van der Waals surface area (Å²) >= 11 is 0. The fraction of sp³-hybridized carbons (Fsp3) is 0.694. The van der Waals surface area contributed by atoms with E-state index in [9.17, 15) is 24.0 Å². The molecular formula is C36H55N5O5. The molecule has 3 saturated carbocycles. The van der Waals surface area contributed by atoms with Crippen molar-refractivity contribution >= 4 is 29.5 Å². The van der Waals surface area contributed by atoms with Crippen LogP contribution in [-0.4, -0.2) is 64.6 Å². The van der Waals surface area contributed by atoms with Gasteiger partial charge >= 0.3 is 6.03 Å². The molecule has 3 aliphatic carbocycles. The first-order valence-electron chi connectivity index (χ1n) is 17.5. The SMILES string of the molecule is C1CC1.CC(C)(C)C(NC(=O)NC1(Cc2ccccc2)CCCCC1)C(=O)N1CCC[C@H]1C(=O)NC(CC1CCC1)C(=O)C(N)=O. The van der Waals surface area contributed by atoms with E-state index in [1.165, 1.54) is 24.2 Å². The van der Waals surface area contributed by atoms with E-state index < -0.39 is 46.7 Å². The molecule has 1 aliphatic heterocycles. The quantitative estimate of drug-likeness (QED) is 0.263. The van der Waals surface area contributed by atoms with Gasteiger partial charge in [0.25, 0.3) is 5.91 Å². The lowest BCUT2D eigenvalue weighted by Gasteiger charge is -2.40. The van der Waals surface area contributed by atoms with Crippen molar-refractivity contribution in [2.45, 2.75) is 141 Å². The fourth-order valence-electron chi connectivity index (χ4n) is 6.82. The molecule has 1 saturated heterocycles. The molecule has 10 heteroatoms. The van der Waals surface area contributed by atoms with Crippen LogP contribution < -0.4 is 21.7 Å². The molecule has 1 heterocycles. The average Bonchev–Trinajstić information content (AvgIpc) is 3.80. The standard InChI is InChI=1S/C33H49N5O5.C3H6/c1-32(2,3)27(36-31(43)37-33(17-8-5-9-18-33)21-23-12-6-4-7-13-23)30(42)38-19-11-16-25(38)29(41)35-24(26(39)28(34)40)20-22-14-10-15-22;1-2-3-1/h4,6-7,12-13,22,24-25,27H,5,8-11,14-21H2,1-3H3,(H2,34,40)(H,35,41)(H2,36,37,43);1-3H2/t24?,25-,27?;/m0./s1. The number of carbonyl (C=O) groups excluding carboxylic acids is 5. The van der Waals surface area contributed by atoms with E-state index in [2.05, 4.69) is 28.1 Å². The van der Waals surface area contributed by atoms with Crippen LogP contribution in [0.2, 0.25) is 0 Å². The van der Waals surface area contributed by atoms with E-state index in [1.54, 1.807) is 0 Å². The first kappa shape index (κ1) is 35.4. The summed E-state index contributed by atoms with van der Waals surface area (Å²) in [5, 5.41) is 8.98. The monoisotopic (exact) mass is 637 g/mol. The number of hydrogen-bond acceptors (Lipinski definition) is 5. The van der Waals surface area contributed by atoms with Crippen LogP contribution in [0.25, 0.3) is 0 Å². The number of nitrogens with two attached hydrogens (primary N) is 1. The summed E-state index contributed by atoms with van der Waals surface area (Å²) in [4.78, 5) is 66.8. The minimum Gasteiger partial charge on any atom is -0.363 e. The van der Waals surface area contributed by atoms with Crippen molar-refractivity contribution in [2.75, 3.05) is 6.54 Å². The second kappa shape index (κ2) is 15.9. The minimum absolute atomic E-state index is 0.261. The second-order valence-electron chi connectivity index (χ2n) is 15.0. The third kappa shape index (κ3) is 10.0. The Kier molecular flexibility index (Phi) is 12.3. The summed E-state index contributed by atoms with van der Waals surface area (Å²) in [5.74, 6) is -2.43. The minimum atomic E-state index is -1.07. The lowest BCUT2D eigenvalue weighted by molar-refractivity contribution is -0.143. The number of nitrogens with zero attached hydrogens (tertiary/aromatic N) is 1. The highest BCUT2D eigenvalue weighted by Gasteiger charge is 2.44. The Labute approximate surface area is 274 Å². The summed E-state index contributed by atoms with van der Waals surface area (Å²) in [6, 6.07) is 7.07. The lowest BCUT2D eigenvalue weighted by Crippen LogP contribution is -2.62. The van der Waals surface area contributed by atoms with Gasteiger partial charge in [-0.05, 0) is 55.4 Å². The van der Waals surface area contributed by atoms with Crippen LogP contribution in [0.4, 0.5) is 4.79 Å². The Balaban J connectivity index is 0.00000151. The van der Waals surface area contributed by atoms with E-state index >= 15 is 0 Å². The predicted octanol–water partition coefficient (Wildman–Crippen LogP) is 4.54. The van der Waals surface area contributed by atoms with Gasteiger partial charge in [0.15, 0.2) is 0 Å². The number of benzene rings is 1. The fourth-order valence-corrected chi connectivity index (χ4v) is 6.82. The van der Waals surface area contributed by atoms with Gasteiger partial charge in [-0.15, -0.1) is 0 Å². The van der Waals surface area contributed by atoms with Crippen LogP contribution >= 0.6 is 0 Å². The van der Waals surface area contributed by atoms with Crippen LogP contribution in [-0.2, 0) is 25.6 Å². The second-order valence-corrected chi connectivity index (χ2v) is 15.0. The Morgan fingerprint density at radius 2 is 1.50 bits per heavy atom. The summed E-state index contributed by atoms with van der Waals surface area (Å²) in [6.45, 7) is 6.03. The smallest absolute Gasteiger partial charge is 0.315 e. The van der Waals surface area contributed by atoms with Gasteiger partial charge in [0.1, 0.15) is 12.1 Å². The summed E-state index contributed by atoms with van der Waals surface area (Å²) in [5.41, 5.74) is 5.41. The number of carbonyl (C=O) groups is 5. The molecule has 5 N–H and O–H groups in total. The summed E-state index contributed by atoms with van der Waals surface area (Å²) in [6.07, 6.45) is 14.5. The van der Waals surface area contributed by atoms with Crippen LogP contribution in [0.15, 0.2) is 30.3 Å². The Hall–Kier alpha value is -3.43. The Bertz CT molecular complexity index is 1210. The Morgan fingerprint density at radius 1 is 0.870 bits per heavy atom. The van der Waals surface area contributed by atoms with Gasteiger partial charge in [0.05, 0.1) is 6.04 Å². The van der Waals surface area contributed by atoms with Crippen LogP contribution in [0.5, 0.6) is 0 Å². The van der Waals surface area contributed by atoms with Gasteiger partial charge in [-0.25, -0.2) is 4.79 Å². The van der Waals surface area contributed by atoms with Crippen molar-refractivity contribution in [1.82, 2.24) is 20.9 Å². The molecule has 0 radical (unpaired) electrons. The van der Waals surface area contributed by atoms with Gasteiger partial charge in [-0.2, -0.15) is 0 Å². The van der Waals surface area contributed by atoms with E-state index in [0.29, 0.717) is 25.8 Å². The maximum Gasteiger partial charge on any atom is 0.315 e. The first-order valence-corrected chi connectivity index (χ1v) is 17.5. The van der Waals surface area contributed by atoms with Crippen molar-refractivity contribution in [3.05, 3.63) is 35.9 Å². The molecule has 1 aromatic carbocycles. The van der Waals surface area contributed by atoms with Crippen molar-refractivity contribution in [3.8, 4) is 0 Å². The number of hydrogen-bond donors (Lipinski definition) is 4. The van der Waals surface area contributed by atoms with E-state index in [0.717, 1.165) is 63.4 Å². The molecule has 4 fully saturated rings. The predicted molar refractivity (Wildman–Crippen MR) is 178 cm³/mol. The largest absolute Gasteiger partial charge is 0.363 e. The topological polar surface area (TPSA) is 151 Å². The van der Waals surface area contributed by atoms with Gasteiger partial charge in [-0.3, -0.25) is 19.2 Å². The molecule has 3 atom stereocenters. The summed E-state index contributed by atoms with van der Waals surface area (Å²) in [7, 11) is 0. The first-order chi connectivity index (χ1) is 21.9. The number of ketones is 1. The number of urea groups is 1. The van der Waals surface area contributed by atoms with Gasteiger partial charge in [0.2, 0.25) is 17.6 Å². The van der Waals surface area contributed by atoms with E-state index in [4.69, 9.17) is 5.73 Å². The third-order valence-corrected chi connectivity index (χ3v) is 9.82. The zero-order chi connectivity index (χ0) is 33.3. The molecule has 0 spiro atoms. The third-order valence-electron chi connectivity index (χ3n) is 9.82. The van der Waals surface area contributed by atoms with E-state index in [1.807, 2.05) is 39.0 Å². The number of likely N-dealkylation sites (tertiary alicyclic amines) is 1. The molecule has 10 nitrogen and oxygen atoms in total. The molecule has 0 aromatic heterocycles. The van der Waals surface area contributed by atoms with Gasteiger partial charge in [0, 0.05) is 12.1 Å². The average molecular weight is 638 g/mol. The zero-order valence-electron chi connectivity index (χ0n) is 28.1. The van der Waals surface area contributed by atoms with Crippen LogP contribution in [0, 0.1) is 11.3 Å². The number of rotatable bonds is 11. The maximum atomic E-state index is 14.0. The van der Waals surface area contributed by atoms with Crippen molar-refractivity contribution in [1.29, 1.82) is 0 Å². The van der Waals surface area contributed by atoms with Crippen molar-refractivity contribution in [2.24, 2.45) is 17.1 Å². The highest BCUT2D eigenvalue weighted by atomic mass is 16.2. The number of nitrogens with one attached hydrogen (secondary N) is 3. The molecule has 46 heavy (non-hydrogen) atoms. The molecule has 1 aromatic rings. The summed E-state index contributed by atoms with van der Waals surface area (Å²) < 4.78 is 0. The molecule has 5 amide bonds. The van der Waals surface area contributed by atoms with Crippen molar-refractivity contribution in [3.63, 3.8) is 0 Å². The molecular weight excluding hydrogens is 582 g/mol. The number of Topliss-reactive ketones (excluding diaryl/α,β-unsaturated/α-hetero) is 1. The number of amides is 5. The van der Waals surface area contributed by atoms with Gasteiger partial charge < -0.3 is 26.6 Å². The normalized spacial score (nSPS) is 21.8. The van der Waals surface area contributed by atoms with Crippen LogP contribution in [0.1, 0.15) is 116 Å². The highest BCUT2D eigenvalue weighted by molar-refractivity contribution is 6.37. The van der Waals surface area contributed by atoms with Crippen molar-refractivity contribution < 1.29 is 24.0 Å². The molecule has 4 aliphatic rings. The number of primary amides is 1. The molecule has 5 rings (SSSR count). The Morgan fingerprint density at radius 3 is 2.04 bits per heavy atom. The van der Waals surface area contributed by atoms with Crippen LogP contribution in [0.3, 0.4) is 0 Å². The maximum absolute atomic E-state index is 14.0. The van der Waals surface area contributed by atoms with E-state index in [-0.39, 0.29) is 17.9 Å². The van der Waals surface area contributed by atoms with Gasteiger partial charge in [-0.1, -0.05) is 109 Å². The zero-order valence-corrected chi connectivity index (χ0v) is 28.1. The highest BCUT2D eigenvalue weighted by Crippen LogP contribution is 2.33. The molecule has 2 unspecified atom stereocenters.